The second-order valence-corrected chi connectivity index (χ2v) is 7.49. The Labute approximate surface area is 163 Å². The lowest BCUT2D eigenvalue weighted by Gasteiger charge is -2.32. The molecule has 0 bridgehead atoms. The van der Waals surface area contributed by atoms with Crippen LogP contribution in [0.4, 0.5) is 0 Å². The summed E-state index contributed by atoms with van der Waals surface area (Å²) in [5, 5.41) is 7.37. The first kappa shape index (κ1) is 19.4. The SMILES string of the molecule is CC(C)c1nc(CNC(=O)[C@H]2CCC(=O)N(Cc3ccc(Cl)cc3)C2)no1. The lowest BCUT2D eigenvalue weighted by molar-refractivity contribution is -0.139. The fourth-order valence-electron chi connectivity index (χ4n) is 2.98. The molecule has 1 aliphatic heterocycles. The molecule has 1 aromatic heterocycles. The standard InChI is InChI=1S/C19H23ClN4O3/c1-12(2)19-22-16(23-27-19)9-21-18(26)14-5-8-17(25)24(11-14)10-13-3-6-15(20)7-4-13/h3-4,6-7,12,14H,5,8-11H2,1-2H3,(H,21,26)/t14-/m0/s1. The number of carbonyl (C=O) groups excluding carboxylic acids is 2. The summed E-state index contributed by atoms with van der Waals surface area (Å²) in [7, 11) is 0. The molecule has 0 radical (unpaired) electrons. The van der Waals surface area contributed by atoms with Gasteiger partial charge in [-0.3, -0.25) is 9.59 Å². The van der Waals surface area contributed by atoms with Crippen LogP contribution >= 0.6 is 11.6 Å². The van der Waals surface area contributed by atoms with Crippen molar-refractivity contribution in [3.05, 3.63) is 46.6 Å². The van der Waals surface area contributed by atoms with Crippen molar-refractivity contribution in [1.82, 2.24) is 20.4 Å². The molecule has 1 atom stereocenters. The number of benzene rings is 1. The maximum atomic E-state index is 12.5. The number of nitrogens with one attached hydrogen (secondary N) is 1. The minimum atomic E-state index is -0.244. The molecule has 2 amide bonds. The zero-order valence-corrected chi connectivity index (χ0v) is 16.2. The van der Waals surface area contributed by atoms with Crippen molar-refractivity contribution >= 4 is 23.4 Å². The quantitative estimate of drug-likeness (QED) is 0.819. The molecule has 1 fully saturated rings. The molecule has 0 aliphatic carbocycles. The van der Waals surface area contributed by atoms with Crippen molar-refractivity contribution in [2.24, 2.45) is 5.92 Å². The van der Waals surface area contributed by atoms with E-state index in [4.69, 9.17) is 16.1 Å². The van der Waals surface area contributed by atoms with Gasteiger partial charge in [0.2, 0.25) is 17.7 Å². The highest BCUT2D eigenvalue weighted by Gasteiger charge is 2.30. The summed E-state index contributed by atoms with van der Waals surface area (Å²) in [5.41, 5.74) is 0.988. The molecular formula is C19H23ClN4O3. The van der Waals surface area contributed by atoms with Crippen LogP contribution in [0.15, 0.2) is 28.8 Å². The van der Waals surface area contributed by atoms with Gasteiger partial charge in [-0.25, -0.2) is 0 Å². The molecule has 8 heteroatoms. The zero-order chi connectivity index (χ0) is 19.4. The largest absolute Gasteiger partial charge is 0.348 e. The minimum Gasteiger partial charge on any atom is -0.348 e. The summed E-state index contributed by atoms with van der Waals surface area (Å²) < 4.78 is 5.14. The number of piperidine rings is 1. The van der Waals surface area contributed by atoms with Gasteiger partial charge in [0.25, 0.3) is 0 Å². The fraction of sp³-hybridized carbons (Fsp3) is 0.474. The second kappa shape index (κ2) is 8.52. The summed E-state index contributed by atoms with van der Waals surface area (Å²) in [5.74, 6) is 0.876. The van der Waals surface area contributed by atoms with Crippen molar-refractivity contribution in [1.29, 1.82) is 0 Å². The molecule has 7 nitrogen and oxygen atoms in total. The van der Waals surface area contributed by atoms with Crippen molar-refractivity contribution in [3.63, 3.8) is 0 Å². The number of nitrogens with zero attached hydrogens (tertiary/aromatic N) is 3. The smallest absolute Gasteiger partial charge is 0.229 e. The number of likely N-dealkylation sites (tertiary alicyclic amines) is 1. The molecule has 1 N–H and O–H groups in total. The molecule has 2 aromatic rings. The maximum Gasteiger partial charge on any atom is 0.229 e. The first-order chi connectivity index (χ1) is 12.9. The number of rotatable bonds is 6. The Morgan fingerprint density at radius 3 is 2.78 bits per heavy atom. The summed E-state index contributed by atoms with van der Waals surface area (Å²) >= 11 is 5.90. The Morgan fingerprint density at radius 1 is 1.37 bits per heavy atom. The van der Waals surface area contributed by atoms with Crippen LogP contribution in [0.2, 0.25) is 5.02 Å². The van der Waals surface area contributed by atoms with E-state index in [1.54, 1.807) is 17.0 Å². The number of halogens is 1. The summed E-state index contributed by atoms with van der Waals surface area (Å²) in [6.07, 6.45) is 0.913. The highest BCUT2D eigenvalue weighted by molar-refractivity contribution is 6.30. The fourth-order valence-corrected chi connectivity index (χ4v) is 3.10. The van der Waals surface area contributed by atoms with E-state index in [0.29, 0.717) is 42.7 Å². The van der Waals surface area contributed by atoms with E-state index in [1.165, 1.54) is 0 Å². The normalized spacial score (nSPS) is 17.4. The topological polar surface area (TPSA) is 88.3 Å². The molecule has 1 aromatic carbocycles. The van der Waals surface area contributed by atoms with E-state index in [-0.39, 0.29) is 30.2 Å². The van der Waals surface area contributed by atoms with Crippen LogP contribution in [-0.2, 0) is 22.7 Å². The van der Waals surface area contributed by atoms with Gasteiger partial charge < -0.3 is 14.7 Å². The Balaban J connectivity index is 1.55. The zero-order valence-electron chi connectivity index (χ0n) is 15.4. The second-order valence-electron chi connectivity index (χ2n) is 7.06. The third-order valence-electron chi connectivity index (χ3n) is 4.56. The first-order valence-corrected chi connectivity index (χ1v) is 9.42. The first-order valence-electron chi connectivity index (χ1n) is 9.04. The number of carbonyl (C=O) groups is 2. The van der Waals surface area contributed by atoms with Crippen LogP contribution < -0.4 is 5.32 Å². The maximum absolute atomic E-state index is 12.5. The van der Waals surface area contributed by atoms with Gasteiger partial charge in [-0.05, 0) is 24.1 Å². The highest BCUT2D eigenvalue weighted by Crippen LogP contribution is 2.21. The van der Waals surface area contributed by atoms with E-state index in [1.807, 2.05) is 26.0 Å². The molecule has 0 unspecified atom stereocenters. The van der Waals surface area contributed by atoms with E-state index >= 15 is 0 Å². The van der Waals surface area contributed by atoms with Crippen LogP contribution in [-0.4, -0.2) is 33.4 Å². The highest BCUT2D eigenvalue weighted by atomic mass is 35.5. The molecule has 27 heavy (non-hydrogen) atoms. The van der Waals surface area contributed by atoms with Crippen molar-refractivity contribution in [2.45, 2.75) is 45.7 Å². The lowest BCUT2D eigenvalue weighted by Crippen LogP contribution is -2.45. The van der Waals surface area contributed by atoms with Gasteiger partial charge in [-0.15, -0.1) is 0 Å². The summed E-state index contributed by atoms with van der Waals surface area (Å²) in [6, 6.07) is 7.38. The Hall–Kier alpha value is -2.41. The molecule has 1 aliphatic rings. The van der Waals surface area contributed by atoms with Crippen LogP contribution in [0.5, 0.6) is 0 Å². The predicted molar refractivity (Wildman–Crippen MR) is 99.8 cm³/mol. The van der Waals surface area contributed by atoms with E-state index in [2.05, 4.69) is 15.5 Å². The summed E-state index contributed by atoms with van der Waals surface area (Å²) in [4.78, 5) is 30.7. The monoisotopic (exact) mass is 390 g/mol. The van der Waals surface area contributed by atoms with Gasteiger partial charge in [0.05, 0.1) is 12.5 Å². The van der Waals surface area contributed by atoms with Gasteiger partial charge in [0.1, 0.15) is 0 Å². The van der Waals surface area contributed by atoms with Crippen LogP contribution in [0.1, 0.15) is 49.9 Å². The van der Waals surface area contributed by atoms with Crippen LogP contribution in [0.25, 0.3) is 0 Å². The lowest BCUT2D eigenvalue weighted by atomic mass is 9.96. The van der Waals surface area contributed by atoms with Crippen molar-refractivity contribution < 1.29 is 14.1 Å². The number of hydrogen-bond donors (Lipinski definition) is 1. The molecule has 0 spiro atoms. The van der Waals surface area contributed by atoms with Gasteiger partial charge in [-0.2, -0.15) is 4.98 Å². The predicted octanol–water partition coefficient (Wildman–Crippen LogP) is 2.90. The number of aromatic nitrogens is 2. The molecular weight excluding hydrogens is 368 g/mol. The van der Waals surface area contributed by atoms with Crippen LogP contribution in [0, 0.1) is 5.92 Å². The van der Waals surface area contributed by atoms with Gasteiger partial charge >= 0.3 is 0 Å². The average molecular weight is 391 g/mol. The van der Waals surface area contributed by atoms with Gasteiger partial charge in [0.15, 0.2) is 5.82 Å². The number of hydrogen-bond acceptors (Lipinski definition) is 5. The molecule has 3 rings (SSSR count). The van der Waals surface area contributed by atoms with Crippen molar-refractivity contribution in [2.75, 3.05) is 6.54 Å². The molecule has 144 valence electrons. The third-order valence-corrected chi connectivity index (χ3v) is 4.81. The third kappa shape index (κ3) is 5.07. The Morgan fingerprint density at radius 2 is 2.11 bits per heavy atom. The van der Waals surface area contributed by atoms with Gasteiger partial charge in [-0.1, -0.05) is 42.7 Å². The average Bonchev–Trinajstić information content (AvgIpc) is 3.13. The molecule has 0 saturated carbocycles. The summed E-state index contributed by atoms with van der Waals surface area (Å²) in [6.45, 7) is 5.02. The number of amides is 2. The van der Waals surface area contributed by atoms with Gasteiger partial charge in [0, 0.05) is 30.5 Å². The van der Waals surface area contributed by atoms with E-state index in [0.717, 1.165) is 5.56 Å². The van der Waals surface area contributed by atoms with E-state index in [9.17, 15) is 9.59 Å². The molecule has 1 saturated heterocycles. The Bertz CT molecular complexity index is 804. The van der Waals surface area contributed by atoms with Crippen LogP contribution in [0.3, 0.4) is 0 Å². The van der Waals surface area contributed by atoms with E-state index < -0.39 is 0 Å². The van der Waals surface area contributed by atoms with Crippen molar-refractivity contribution in [3.8, 4) is 0 Å². The minimum absolute atomic E-state index is 0.0637. The molecule has 2 heterocycles. The Kier molecular flexibility index (Phi) is 6.11.